The summed E-state index contributed by atoms with van der Waals surface area (Å²) in [5.41, 5.74) is 4.09. The monoisotopic (exact) mass is 446 g/mol. The molecule has 1 N–H and O–H groups in total. The second kappa shape index (κ2) is 10.1. The first kappa shape index (κ1) is 22.1. The fraction of sp³-hybridized carbons (Fsp3) is 0.481. The Balaban J connectivity index is 1.02. The number of benzene rings is 2. The lowest BCUT2D eigenvalue weighted by Gasteiger charge is -2.36. The summed E-state index contributed by atoms with van der Waals surface area (Å²) in [7, 11) is 2.15. The molecule has 3 aliphatic heterocycles. The van der Waals surface area contributed by atoms with Crippen molar-refractivity contribution in [2.75, 3.05) is 64.4 Å². The van der Waals surface area contributed by atoms with Gasteiger partial charge >= 0.3 is 0 Å². The quantitative estimate of drug-likeness (QED) is 0.693. The number of piperazine rings is 1. The predicted octanol–water partition coefficient (Wildman–Crippen LogP) is 2.74. The number of carbonyl (C=O) groups excluding carboxylic acids is 1. The zero-order valence-corrected chi connectivity index (χ0v) is 19.7. The molecule has 0 radical (unpaired) electrons. The summed E-state index contributed by atoms with van der Waals surface area (Å²) in [5, 5.41) is 3.15. The van der Waals surface area contributed by atoms with Crippen LogP contribution in [0.2, 0.25) is 0 Å². The molecule has 0 aromatic heterocycles. The van der Waals surface area contributed by atoms with Gasteiger partial charge in [0.1, 0.15) is 7.05 Å². The number of hydrogen-bond acceptors (Lipinski definition) is 4. The van der Waals surface area contributed by atoms with Crippen molar-refractivity contribution in [2.45, 2.75) is 18.8 Å². The molecule has 0 saturated carbocycles. The largest absolute Gasteiger partial charge is 0.369 e. The maximum atomic E-state index is 12.6. The highest BCUT2D eigenvalue weighted by molar-refractivity contribution is 5.78. The maximum Gasteiger partial charge on any atom is 0.235 e. The summed E-state index contributed by atoms with van der Waals surface area (Å²) in [6.45, 7) is 7.14. The van der Waals surface area contributed by atoms with Gasteiger partial charge in [0.2, 0.25) is 11.6 Å². The van der Waals surface area contributed by atoms with Crippen molar-refractivity contribution in [3.8, 4) is 0 Å². The van der Waals surface area contributed by atoms with Crippen molar-refractivity contribution in [1.82, 2.24) is 15.1 Å². The summed E-state index contributed by atoms with van der Waals surface area (Å²) >= 11 is 0. The van der Waals surface area contributed by atoms with Crippen LogP contribution < -0.4 is 10.2 Å². The van der Waals surface area contributed by atoms with Crippen molar-refractivity contribution in [3.05, 3.63) is 60.2 Å². The van der Waals surface area contributed by atoms with Crippen LogP contribution >= 0.6 is 0 Å². The van der Waals surface area contributed by atoms with Crippen LogP contribution in [0.15, 0.2) is 54.6 Å². The van der Waals surface area contributed by atoms with Gasteiger partial charge in [-0.2, -0.15) is 0 Å². The van der Waals surface area contributed by atoms with E-state index in [4.69, 9.17) is 0 Å². The number of anilines is 1. The number of para-hydroxylation sites is 2. The van der Waals surface area contributed by atoms with E-state index in [-0.39, 0.29) is 5.91 Å². The summed E-state index contributed by atoms with van der Waals surface area (Å²) < 4.78 is 2.28. The Kier molecular flexibility index (Phi) is 6.74. The first-order valence-corrected chi connectivity index (χ1v) is 12.4. The molecule has 2 aromatic rings. The number of carbonyl (C=O) groups is 1. The average molecular weight is 447 g/mol. The molecule has 1 atom stereocenters. The fourth-order valence-electron chi connectivity index (χ4n) is 5.60. The topological polar surface area (TPSA) is 41.8 Å². The molecule has 6 nitrogen and oxygen atoms in total. The van der Waals surface area contributed by atoms with E-state index in [0.29, 0.717) is 25.0 Å². The van der Waals surface area contributed by atoms with Crippen molar-refractivity contribution in [2.24, 2.45) is 5.92 Å². The van der Waals surface area contributed by atoms with E-state index in [9.17, 15) is 4.79 Å². The second-order valence-electron chi connectivity index (χ2n) is 9.66. The number of nitrogens with one attached hydrogen (secondary N) is 1. The van der Waals surface area contributed by atoms with Crippen molar-refractivity contribution in [1.29, 1.82) is 0 Å². The second-order valence-corrected chi connectivity index (χ2v) is 9.66. The molecule has 2 fully saturated rings. The van der Waals surface area contributed by atoms with Gasteiger partial charge in [-0.25, -0.2) is 4.58 Å². The van der Waals surface area contributed by atoms with E-state index < -0.39 is 0 Å². The van der Waals surface area contributed by atoms with Gasteiger partial charge in [-0.3, -0.25) is 14.6 Å². The zero-order chi connectivity index (χ0) is 22.6. The standard InChI is InChI=1S/C27H35N5O/c1-29-19-25(24-9-5-6-10-26(24)29)22-11-13-30(14-12-22)20-27(33)28-21-31-15-17-32(18-16-31)23-7-3-2-4-8-23/h2-10,19,22,25H,11-18,20-21H2,1H3/p+1. The van der Waals surface area contributed by atoms with Crippen molar-refractivity contribution < 1.29 is 9.37 Å². The van der Waals surface area contributed by atoms with Crippen molar-refractivity contribution >= 4 is 23.5 Å². The normalized spacial score (nSPS) is 22.2. The minimum absolute atomic E-state index is 0.149. The van der Waals surface area contributed by atoms with Crippen LogP contribution in [0.4, 0.5) is 11.4 Å². The molecule has 0 spiro atoms. The third-order valence-electron chi connectivity index (χ3n) is 7.56. The van der Waals surface area contributed by atoms with E-state index in [1.165, 1.54) is 16.9 Å². The van der Waals surface area contributed by atoms with Crippen LogP contribution in [0.3, 0.4) is 0 Å². The van der Waals surface area contributed by atoms with Gasteiger partial charge in [0.25, 0.3) is 0 Å². The average Bonchev–Trinajstić information content (AvgIpc) is 3.21. The van der Waals surface area contributed by atoms with E-state index in [2.05, 4.69) is 92.5 Å². The molecule has 0 aliphatic carbocycles. The van der Waals surface area contributed by atoms with Gasteiger partial charge in [-0.1, -0.05) is 36.4 Å². The number of rotatable bonds is 6. The highest BCUT2D eigenvalue weighted by Crippen LogP contribution is 2.39. The van der Waals surface area contributed by atoms with Gasteiger partial charge < -0.3 is 10.2 Å². The van der Waals surface area contributed by atoms with Gasteiger partial charge in [-0.05, 0) is 44.0 Å². The summed E-state index contributed by atoms with van der Waals surface area (Å²) in [5.74, 6) is 1.32. The molecule has 2 saturated heterocycles. The van der Waals surface area contributed by atoms with E-state index in [1.54, 1.807) is 0 Å². The lowest BCUT2D eigenvalue weighted by Crippen LogP contribution is -2.51. The van der Waals surface area contributed by atoms with Crippen LogP contribution in [0.1, 0.15) is 24.3 Å². The Bertz CT molecular complexity index is 975. The highest BCUT2D eigenvalue weighted by Gasteiger charge is 2.36. The first-order chi connectivity index (χ1) is 16.2. The van der Waals surface area contributed by atoms with Gasteiger partial charge in [0, 0.05) is 43.5 Å². The minimum atomic E-state index is 0.149. The Morgan fingerprint density at radius 3 is 2.36 bits per heavy atom. The molecule has 2 aromatic carbocycles. The van der Waals surface area contributed by atoms with Crippen LogP contribution in [-0.2, 0) is 4.79 Å². The van der Waals surface area contributed by atoms with Crippen LogP contribution in [0.5, 0.6) is 0 Å². The molecule has 0 bridgehead atoms. The number of amides is 1. The number of hydrogen-bond donors (Lipinski definition) is 1. The predicted molar refractivity (Wildman–Crippen MR) is 133 cm³/mol. The van der Waals surface area contributed by atoms with E-state index in [1.807, 2.05) is 0 Å². The van der Waals surface area contributed by atoms with Gasteiger partial charge in [0.15, 0.2) is 6.21 Å². The molecule has 3 aliphatic rings. The molecule has 1 unspecified atom stereocenters. The van der Waals surface area contributed by atoms with Crippen molar-refractivity contribution in [3.63, 3.8) is 0 Å². The Hall–Kier alpha value is -2.70. The van der Waals surface area contributed by atoms with Crippen LogP contribution in [-0.4, -0.2) is 86.0 Å². The number of fused-ring (bicyclic) bond motifs is 1. The van der Waals surface area contributed by atoms with Crippen LogP contribution in [0, 0.1) is 5.92 Å². The summed E-state index contributed by atoms with van der Waals surface area (Å²) in [4.78, 5) is 19.7. The van der Waals surface area contributed by atoms with Crippen LogP contribution in [0.25, 0.3) is 0 Å². The Morgan fingerprint density at radius 1 is 0.909 bits per heavy atom. The molecular weight excluding hydrogens is 410 g/mol. The molecule has 5 rings (SSSR count). The molecule has 1 amide bonds. The number of piperidine rings is 1. The Labute approximate surface area is 197 Å². The number of likely N-dealkylation sites (tertiary alicyclic amines) is 1. The third-order valence-corrected chi connectivity index (χ3v) is 7.56. The molecular formula is C27H36N5O+. The Morgan fingerprint density at radius 2 is 1.61 bits per heavy atom. The summed E-state index contributed by atoms with van der Waals surface area (Å²) in [6.07, 6.45) is 4.69. The van der Waals surface area contributed by atoms with Gasteiger partial charge in [-0.15, -0.1) is 0 Å². The zero-order valence-electron chi connectivity index (χ0n) is 19.7. The molecule has 6 heteroatoms. The molecule has 3 heterocycles. The SMILES string of the molecule is C[N+]1=CC(C2CCN(CC(=O)NCN3CCN(c4ccccc4)CC3)CC2)c2ccccc21. The first-order valence-electron chi connectivity index (χ1n) is 12.4. The summed E-state index contributed by atoms with van der Waals surface area (Å²) in [6, 6.07) is 19.3. The minimum Gasteiger partial charge on any atom is -0.369 e. The third kappa shape index (κ3) is 5.12. The van der Waals surface area contributed by atoms with Gasteiger partial charge in [0.05, 0.1) is 19.1 Å². The number of nitrogens with zero attached hydrogens (tertiary/aromatic N) is 4. The maximum absolute atomic E-state index is 12.6. The van der Waals surface area contributed by atoms with E-state index >= 15 is 0 Å². The highest BCUT2D eigenvalue weighted by atomic mass is 16.2. The van der Waals surface area contributed by atoms with E-state index in [0.717, 1.165) is 52.1 Å². The smallest absolute Gasteiger partial charge is 0.235 e. The lowest BCUT2D eigenvalue weighted by atomic mass is 9.81. The lowest BCUT2D eigenvalue weighted by molar-refractivity contribution is -0.396. The molecule has 174 valence electrons. The molecule has 33 heavy (non-hydrogen) atoms. The fourth-order valence-corrected chi connectivity index (χ4v) is 5.60.